The fraction of sp³-hybridized carbons (Fsp3) is 0.588. The molecule has 0 heterocycles. The molecule has 1 aromatic rings. The summed E-state index contributed by atoms with van der Waals surface area (Å²) >= 11 is 3.59. The van der Waals surface area contributed by atoms with Gasteiger partial charge in [0.05, 0.1) is 12.0 Å². The van der Waals surface area contributed by atoms with Gasteiger partial charge in [0.1, 0.15) is 5.75 Å². The highest BCUT2D eigenvalue weighted by atomic mass is 79.9. The monoisotopic (exact) mass is 356 g/mol. The molecule has 0 radical (unpaired) electrons. The predicted octanol–water partition coefficient (Wildman–Crippen LogP) is 4.84. The van der Waals surface area contributed by atoms with E-state index in [4.69, 9.17) is 9.84 Å². The molecule has 0 unspecified atom stereocenters. The first-order chi connectivity index (χ1) is 9.81. The summed E-state index contributed by atoms with van der Waals surface area (Å²) in [5.74, 6) is 0.166. The van der Waals surface area contributed by atoms with E-state index in [1.807, 2.05) is 0 Å². The van der Waals surface area contributed by atoms with Crippen LogP contribution in [0.3, 0.4) is 0 Å². The summed E-state index contributed by atoms with van der Waals surface area (Å²) in [7, 11) is 0. The molecule has 118 valence electrons. The highest BCUT2D eigenvalue weighted by Gasteiger charge is 2.26. The van der Waals surface area contributed by atoms with E-state index in [0.717, 1.165) is 29.5 Å². The summed E-state index contributed by atoms with van der Waals surface area (Å²) in [5.41, 5.74) is 1.72. The second-order valence-electron chi connectivity index (χ2n) is 5.90. The van der Waals surface area contributed by atoms with Crippen LogP contribution in [0, 0.1) is 5.41 Å². The van der Waals surface area contributed by atoms with Gasteiger partial charge < -0.3 is 9.84 Å². The first kappa shape index (κ1) is 18.0. The Morgan fingerprint density at radius 2 is 1.86 bits per heavy atom. The SMILES string of the molecule is CCc1cc(OCCCC(C)(C)C(=O)O)c(CC)cc1Br. The molecule has 0 amide bonds. The first-order valence-corrected chi connectivity index (χ1v) is 8.28. The first-order valence-electron chi connectivity index (χ1n) is 7.49. The van der Waals surface area contributed by atoms with Crippen molar-refractivity contribution in [3.63, 3.8) is 0 Å². The zero-order valence-electron chi connectivity index (χ0n) is 13.3. The Bertz CT molecular complexity index is 495. The van der Waals surface area contributed by atoms with Crippen molar-refractivity contribution in [1.82, 2.24) is 0 Å². The van der Waals surface area contributed by atoms with Crippen LogP contribution in [0.25, 0.3) is 0 Å². The molecule has 1 aromatic carbocycles. The second kappa shape index (κ2) is 7.83. The van der Waals surface area contributed by atoms with Crippen LogP contribution in [-0.4, -0.2) is 17.7 Å². The highest BCUT2D eigenvalue weighted by Crippen LogP contribution is 2.29. The topological polar surface area (TPSA) is 46.5 Å². The minimum absolute atomic E-state index is 0.550. The number of hydrogen-bond donors (Lipinski definition) is 1. The minimum atomic E-state index is -0.756. The van der Waals surface area contributed by atoms with E-state index in [9.17, 15) is 4.79 Å². The maximum absolute atomic E-state index is 11.1. The number of benzene rings is 1. The lowest BCUT2D eigenvalue weighted by Crippen LogP contribution is -2.24. The molecule has 21 heavy (non-hydrogen) atoms. The summed E-state index contributed by atoms with van der Waals surface area (Å²) in [6, 6.07) is 4.21. The largest absolute Gasteiger partial charge is 0.493 e. The molecule has 0 aliphatic heterocycles. The fourth-order valence-corrected chi connectivity index (χ4v) is 2.79. The molecular formula is C17H25BrO3. The van der Waals surface area contributed by atoms with Gasteiger partial charge in [0.15, 0.2) is 0 Å². The number of carboxylic acids is 1. The van der Waals surface area contributed by atoms with Crippen LogP contribution in [0.4, 0.5) is 0 Å². The van der Waals surface area contributed by atoms with E-state index < -0.39 is 11.4 Å². The molecule has 4 heteroatoms. The third-order valence-electron chi connectivity index (χ3n) is 3.77. The molecule has 0 aromatic heterocycles. The van der Waals surface area contributed by atoms with Crippen LogP contribution in [-0.2, 0) is 17.6 Å². The van der Waals surface area contributed by atoms with Crippen LogP contribution in [0.1, 0.15) is 51.7 Å². The number of aliphatic carboxylic acids is 1. The van der Waals surface area contributed by atoms with Crippen molar-refractivity contribution < 1.29 is 14.6 Å². The summed E-state index contributed by atoms with van der Waals surface area (Å²) < 4.78 is 7.01. The molecule has 0 aliphatic carbocycles. The van der Waals surface area contributed by atoms with Gasteiger partial charge in [-0.2, -0.15) is 0 Å². The van der Waals surface area contributed by atoms with E-state index >= 15 is 0 Å². The molecule has 1 rings (SSSR count). The van der Waals surface area contributed by atoms with Crippen molar-refractivity contribution >= 4 is 21.9 Å². The van der Waals surface area contributed by atoms with Crippen molar-refractivity contribution in [3.8, 4) is 5.75 Å². The van der Waals surface area contributed by atoms with Crippen molar-refractivity contribution in [2.45, 2.75) is 53.4 Å². The van der Waals surface area contributed by atoms with E-state index in [2.05, 4.69) is 41.9 Å². The van der Waals surface area contributed by atoms with E-state index in [1.54, 1.807) is 13.8 Å². The van der Waals surface area contributed by atoms with Gasteiger partial charge in [-0.25, -0.2) is 0 Å². The van der Waals surface area contributed by atoms with Crippen LogP contribution >= 0.6 is 15.9 Å². The van der Waals surface area contributed by atoms with Gasteiger partial charge in [-0.15, -0.1) is 0 Å². The van der Waals surface area contributed by atoms with Crippen molar-refractivity contribution in [2.75, 3.05) is 6.61 Å². The van der Waals surface area contributed by atoms with Gasteiger partial charge >= 0.3 is 5.97 Å². The molecule has 0 aliphatic rings. The molecule has 0 fully saturated rings. The zero-order chi connectivity index (χ0) is 16.0. The van der Waals surface area contributed by atoms with Gasteiger partial charge in [-0.3, -0.25) is 4.79 Å². The number of hydrogen-bond acceptors (Lipinski definition) is 2. The van der Waals surface area contributed by atoms with Crippen molar-refractivity contribution in [1.29, 1.82) is 0 Å². The Morgan fingerprint density at radius 3 is 2.38 bits per heavy atom. The Labute approximate surface area is 135 Å². The Morgan fingerprint density at radius 1 is 1.24 bits per heavy atom. The average Bonchev–Trinajstić information content (AvgIpc) is 2.44. The predicted molar refractivity (Wildman–Crippen MR) is 89.0 cm³/mol. The molecule has 0 bridgehead atoms. The number of carbonyl (C=O) groups is 1. The summed E-state index contributed by atoms with van der Waals surface area (Å²) in [4.78, 5) is 11.1. The van der Waals surface area contributed by atoms with Crippen LogP contribution in [0.5, 0.6) is 5.75 Å². The van der Waals surface area contributed by atoms with E-state index in [1.165, 1.54) is 11.1 Å². The lowest BCUT2D eigenvalue weighted by atomic mass is 9.88. The molecule has 0 atom stereocenters. The minimum Gasteiger partial charge on any atom is -0.493 e. The number of rotatable bonds is 8. The molecule has 0 spiro atoms. The summed E-state index contributed by atoms with van der Waals surface area (Å²) in [6.45, 7) is 8.27. The third kappa shape index (κ3) is 5.03. The van der Waals surface area contributed by atoms with Gasteiger partial charge in [-0.05, 0) is 62.8 Å². The van der Waals surface area contributed by atoms with Crippen molar-refractivity contribution in [3.05, 3.63) is 27.7 Å². The molecule has 0 saturated carbocycles. The van der Waals surface area contributed by atoms with Gasteiger partial charge in [0.25, 0.3) is 0 Å². The third-order valence-corrected chi connectivity index (χ3v) is 4.51. The van der Waals surface area contributed by atoms with Crippen molar-refractivity contribution in [2.24, 2.45) is 5.41 Å². The molecule has 1 N–H and O–H groups in total. The van der Waals surface area contributed by atoms with Crippen LogP contribution in [0.15, 0.2) is 16.6 Å². The number of aryl methyl sites for hydroxylation is 2. The maximum Gasteiger partial charge on any atom is 0.309 e. The smallest absolute Gasteiger partial charge is 0.309 e. The van der Waals surface area contributed by atoms with E-state index in [0.29, 0.717) is 13.0 Å². The summed E-state index contributed by atoms with van der Waals surface area (Å²) in [6.07, 6.45) is 3.21. The number of ether oxygens (including phenoxy) is 1. The summed E-state index contributed by atoms with van der Waals surface area (Å²) in [5, 5.41) is 9.09. The lowest BCUT2D eigenvalue weighted by Gasteiger charge is -2.19. The number of carboxylic acid groups (broad SMARTS) is 1. The Hall–Kier alpha value is -1.03. The van der Waals surface area contributed by atoms with Gasteiger partial charge in [-0.1, -0.05) is 29.8 Å². The lowest BCUT2D eigenvalue weighted by molar-refractivity contribution is -0.147. The van der Waals surface area contributed by atoms with Gasteiger partial charge in [0, 0.05) is 4.47 Å². The van der Waals surface area contributed by atoms with Gasteiger partial charge in [0.2, 0.25) is 0 Å². The van der Waals surface area contributed by atoms with E-state index in [-0.39, 0.29) is 0 Å². The molecule has 0 saturated heterocycles. The van der Waals surface area contributed by atoms with Crippen LogP contribution < -0.4 is 4.74 Å². The molecular weight excluding hydrogens is 332 g/mol. The molecule has 3 nitrogen and oxygen atoms in total. The average molecular weight is 357 g/mol. The standard InChI is InChI=1S/C17H25BrO3/c1-5-12-11-15(13(6-2)10-14(12)18)21-9-7-8-17(3,4)16(19)20/h10-11H,5-9H2,1-4H3,(H,19,20). The Kier molecular flexibility index (Phi) is 6.72. The highest BCUT2D eigenvalue weighted by molar-refractivity contribution is 9.10. The van der Waals surface area contributed by atoms with Crippen LogP contribution in [0.2, 0.25) is 0 Å². The fourth-order valence-electron chi connectivity index (χ4n) is 2.12. The number of halogens is 1. The Balaban J connectivity index is 2.65. The second-order valence-corrected chi connectivity index (χ2v) is 6.75. The zero-order valence-corrected chi connectivity index (χ0v) is 14.9. The quantitative estimate of drug-likeness (QED) is 0.677. The normalized spacial score (nSPS) is 11.5. The maximum atomic E-state index is 11.1.